The monoisotopic (exact) mass is 282 g/mol. The van der Waals surface area contributed by atoms with E-state index in [1.807, 2.05) is 25.2 Å². The summed E-state index contributed by atoms with van der Waals surface area (Å²) in [6, 6.07) is 14.8. The number of nitrogens with zero attached hydrogens (tertiary/aromatic N) is 1. The van der Waals surface area contributed by atoms with Gasteiger partial charge in [-0.3, -0.25) is 4.98 Å². The fourth-order valence-electron chi connectivity index (χ4n) is 2.96. The number of aryl methyl sites for hydroxylation is 1. The van der Waals surface area contributed by atoms with Crippen molar-refractivity contribution in [1.82, 2.24) is 10.3 Å². The van der Waals surface area contributed by atoms with E-state index in [2.05, 4.69) is 34.6 Å². The van der Waals surface area contributed by atoms with Crippen LogP contribution in [0.25, 0.3) is 0 Å². The van der Waals surface area contributed by atoms with Gasteiger partial charge in [-0.15, -0.1) is 0 Å². The van der Waals surface area contributed by atoms with E-state index < -0.39 is 0 Å². The van der Waals surface area contributed by atoms with Gasteiger partial charge in [0.05, 0.1) is 24.1 Å². The second kappa shape index (κ2) is 6.83. The molecule has 0 bridgehead atoms. The largest absolute Gasteiger partial charge is 0.367 e. The Morgan fingerprint density at radius 3 is 2.90 bits per heavy atom. The smallest absolute Gasteiger partial charge is 0.0896 e. The lowest BCUT2D eigenvalue weighted by atomic mass is 9.89. The number of ether oxygens (including phenoxy) is 1. The molecule has 0 spiro atoms. The van der Waals surface area contributed by atoms with Gasteiger partial charge < -0.3 is 10.1 Å². The average Bonchev–Trinajstić information content (AvgIpc) is 2.53. The molecule has 0 amide bonds. The summed E-state index contributed by atoms with van der Waals surface area (Å²) in [6.45, 7) is 1.37. The summed E-state index contributed by atoms with van der Waals surface area (Å²) in [4.78, 5) is 4.62. The second-order valence-electron chi connectivity index (χ2n) is 5.54. The number of benzene rings is 1. The number of rotatable bonds is 5. The van der Waals surface area contributed by atoms with Crippen LogP contribution in [0.2, 0.25) is 0 Å². The van der Waals surface area contributed by atoms with Gasteiger partial charge in [0, 0.05) is 6.54 Å². The van der Waals surface area contributed by atoms with E-state index in [1.165, 1.54) is 24.0 Å². The van der Waals surface area contributed by atoms with Crippen molar-refractivity contribution < 1.29 is 4.74 Å². The first-order valence-corrected chi connectivity index (χ1v) is 7.65. The number of fused-ring (bicyclic) bond motifs is 1. The Morgan fingerprint density at radius 1 is 1.14 bits per heavy atom. The Hall–Kier alpha value is -1.71. The van der Waals surface area contributed by atoms with Crippen molar-refractivity contribution in [1.29, 1.82) is 0 Å². The maximum atomic E-state index is 6.15. The predicted molar refractivity (Wildman–Crippen MR) is 83.9 cm³/mol. The molecule has 1 heterocycles. The Bertz CT molecular complexity index is 597. The van der Waals surface area contributed by atoms with Gasteiger partial charge in [0.2, 0.25) is 0 Å². The van der Waals surface area contributed by atoms with Crippen LogP contribution in [-0.2, 0) is 24.3 Å². The summed E-state index contributed by atoms with van der Waals surface area (Å²) in [5.41, 5.74) is 4.86. The van der Waals surface area contributed by atoms with Crippen molar-refractivity contribution in [3.63, 3.8) is 0 Å². The lowest BCUT2D eigenvalue weighted by Crippen LogP contribution is -2.13. The summed E-state index contributed by atoms with van der Waals surface area (Å²) in [6.07, 6.45) is 3.69. The molecule has 1 atom stereocenters. The molecule has 1 unspecified atom stereocenters. The van der Waals surface area contributed by atoms with Gasteiger partial charge in [-0.1, -0.05) is 30.3 Å². The van der Waals surface area contributed by atoms with E-state index in [1.54, 1.807) is 0 Å². The van der Waals surface area contributed by atoms with E-state index in [0.717, 1.165) is 24.4 Å². The second-order valence-corrected chi connectivity index (χ2v) is 5.54. The summed E-state index contributed by atoms with van der Waals surface area (Å²) in [5.74, 6) is 0. The van der Waals surface area contributed by atoms with E-state index in [4.69, 9.17) is 4.74 Å². The van der Waals surface area contributed by atoms with Gasteiger partial charge >= 0.3 is 0 Å². The lowest BCUT2D eigenvalue weighted by Gasteiger charge is -2.25. The highest BCUT2D eigenvalue weighted by molar-refractivity contribution is 5.31. The minimum atomic E-state index is 0.213. The number of hydrogen-bond donors (Lipinski definition) is 1. The van der Waals surface area contributed by atoms with E-state index in [-0.39, 0.29) is 6.10 Å². The molecule has 1 aromatic carbocycles. The predicted octanol–water partition coefficient (Wildman–Crippen LogP) is 3.40. The zero-order valence-corrected chi connectivity index (χ0v) is 12.5. The zero-order chi connectivity index (χ0) is 14.5. The highest BCUT2D eigenvalue weighted by Gasteiger charge is 2.20. The fourth-order valence-corrected chi connectivity index (χ4v) is 2.96. The molecular formula is C18H22N2O. The third kappa shape index (κ3) is 3.49. The number of pyridine rings is 1. The van der Waals surface area contributed by atoms with Gasteiger partial charge in [-0.25, -0.2) is 0 Å². The molecule has 3 rings (SSSR count). The fraction of sp³-hybridized carbons (Fsp3) is 0.389. The molecule has 1 aliphatic carbocycles. The van der Waals surface area contributed by atoms with Crippen molar-refractivity contribution in [2.24, 2.45) is 0 Å². The maximum Gasteiger partial charge on any atom is 0.0896 e. The van der Waals surface area contributed by atoms with Crippen LogP contribution in [0.1, 0.15) is 41.5 Å². The molecule has 0 fully saturated rings. The van der Waals surface area contributed by atoms with Crippen LogP contribution in [0.5, 0.6) is 0 Å². The molecule has 2 aromatic rings. The third-order valence-electron chi connectivity index (χ3n) is 3.97. The van der Waals surface area contributed by atoms with Gasteiger partial charge in [0.15, 0.2) is 0 Å². The number of aromatic nitrogens is 1. The molecule has 1 aromatic heterocycles. The normalized spacial score (nSPS) is 17.5. The first-order valence-electron chi connectivity index (χ1n) is 7.65. The Labute approximate surface area is 126 Å². The molecule has 1 aliphatic rings. The van der Waals surface area contributed by atoms with Crippen molar-refractivity contribution in [3.8, 4) is 0 Å². The van der Waals surface area contributed by atoms with Gasteiger partial charge in [-0.05, 0) is 49.6 Å². The van der Waals surface area contributed by atoms with Gasteiger partial charge in [-0.2, -0.15) is 0 Å². The quantitative estimate of drug-likeness (QED) is 0.912. The third-order valence-corrected chi connectivity index (χ3v) is 3.97. The van der Waals surface area contributed by atoms with E-state index >= 15 is 0 Å². The van der Waals surface area contributed by atoms with Crippen LogP contribution >= 0.6 is 0 Å². The zero-order valence-electron chi connectivity index (χ0n) is 12.5. The molecular weight excluding hydrogens is 260 g/mol. The Kier molecular flexibility index (Phi) is 4.63. The van der Waals surface area contributed by atoms with Crippen LogP contribution in [0.4, 0.5) is 0 Å². The maximum absolute atomic E-state index is 6.15. The number of hydrogen-bond acceptors (Lipinski definition) is 3. The van der Waals surface area contributed by atoms with Crippen molar-refractivity contribution in [2.75, 3.05) is 7.05 Å². The van der Waals surface area contributed by atoms with Crippen LogP contribution in [0.15, 0.2) is 42.5 Å². The standard InChI is InChI=1S/C18H22N2O/c1-19-12-15-8-5-9-16(20-15)13-21-18-11-4-7-14-6-2-3-10-17(14)18/h2-3,5-6,8-10,18-19H,4,7,11-13H2,1H3. The summed E-state index contributed by atoms with van der Waals surface area (Å²) in [5, 5.41) is 3.13. The first-order chi connectivity index (χ1) is 10.4. The molecule has 3 heteroatoms. The van der Waals surface area contributed by atoms with Crippen molar-refractivity contribution >= 4 is 0 Å². The average molecular weight is 282 g/mol. The SMILES string of the molecule is CNCc1cccc(COC2CCCc3ccccc32)n1. The minimum absolute atomic E-state index is 0.213. The topological polar surface area (TPSA) is 34.1 Å². The van der Waals surface area contributed by atoms with Crippen molar-refractivity contribution in [3.05, 3.63) is 65.0 Å². The summed E-state index contributed by atoms with van der Waals surface area (Å²) >= 11 is 0. The lowest BCUT2D eigenvalue weighted by molar-refractivity contribution is 0.0264. The van der Waals surface area contributed by atoms with E-state index in [9.17, 15) is 0 Å². The summed E-state index contributed by atoms with van der Waals surface area (Å²) in [7, 11) is 1.93. The molecule has 0 saturated heterocycles. The van der Waals surface area contributed by atoms with E-state index in [0.29, 0.717) is 6.61 Å². The van der Waals surface area contributed by atoms with Crippen LogP contribution in [0, 0.1) is 0 Å². The molecule has 21 heavy (non-hydrogen) atoms. The molecule has 1 N–H and O–H groups in total. The molecule has 110 valence electrons. The Balaban J connectivity index is 1.67. The molecule has 0 aliphatic heterocycles. The molecule has 0 radical (unpaired) electrons. The van der Waals surface area contributed by atoms with Crippen molar-refractivity contribution in [2.45, 2.75) is 38.5 Å². The highest BCUT2D eigenvalue weighted by Crippen LogP contribution is 2.32. The van der Waals surface area contributed by atoms with Crippen LogP contribution < -0.4 is 5.32 Å². The molecule has 3 nitrogen and oxygen atoms in total. The first kappa shape index (κ1) is 14.2. The van der Waals surface area contributed by atoms with Gasteiger partial charge in [0.1, 0.15) is 0 Å². The number of nitrogens with one attached hydrogen (secondary N) is 1. The summed E-state index contributed by atoms with van der Waals surface area (Å²) < 4.78 is 6.15. The molecule has 0 saturated carbocycles. The van der Waals surface area contributed by atoms with Crippen LogP contribution in [0.3, 0.4) is 0 Å². The highest BCUT2D eigenvalue weighted by atomic mass is 16.5. The minimum Gasteiger partial charge on any atom is -0.367 e. The van der Waals surface area contributed by atoms with Crippen LogP contribution in [-0.4, -0.2) is 12.0 Å². The van der Waals surface area contributed by atoms with Gasteiger partial charge in [0.25, 0.3) is 0 Å². The Morgan fingerprint density at radius 2 is 2.00 bits per heavy atom.